The van der Waals surface area contributed by atoms with Crippen molar-refractivity contribution in [1.29, 1.82) is 0 Å². The number of aliphatic hydroxyl groups is 3. The smallest absolute Gasteiger partial charge is 0.303 e. The van der Waals surface area contributed by atoms with Gasteiger partial charge in [0.2, 0.25) is 0 Å². The van der Waals surface area contributed by atoms with Crippen LogP contribution in [-0.4, -0.2) is 69.5 Å². The first-order chi connectivity index (χ1) is 19.5. The number of carbonyl (C=O) groups is 2. The zero-order valence-corrected chi connectivity index (χ0v) is 27.0. The van der Waals surface area contributed by atoms with E-state index < -0.39 is 70.9 Å². The number of ether oxygens (including phenoxy) is 3. The van der Waals surface area contributed by atoms with Crippen LogP contribution in [0.5, 0.6) is 0 Å². The van der Waals surface area contributed by atoms with E-state index in [9.17, 15) is 24.9 Å². The maximum absolute atomic E-state index is 12.7. The summed E-state index contributed by atoms with van der Waals surface area (Å²) in [7, 11) is 0. The molecule has 42 heavy (non-hydrogen) atoms. The summed E-state index contributed by atoms with van der Waals surface area (Å²) in [6.45, 7) is 18.7. The minimum atomic E-state index is -1.02. The summed E-state index contributed by atoms with van der Waals surface area (Å²) in [4.78, 5) is 25.3. The predicted octanol–water partition coefficient (Wildman–Crippen LogP) is 4.12. The van der Waals surface area contributed by atoms with Crippen LogP contribution >= 0.6 is 0 Å². The van der Waals surface area contributed by atoms with Crippen LogP contribution in [0.25, 0.3) is 0 Å². The molecule has 0 unspecified atom stereocenters. The highest BCUT2D eigenvalue weighted by Crippen LogP contribution is 2.76. The van der Waals surface area contributed by atoms with Crippen molar-refractivity contribution in [2.45, 2.75) is 137 Å². The van der Waals surface area contributed by atoms with Gasteiger partial charge in [0.1, 0.15) is 23.9 Å². The molecule has 5 aliphatic carbocycles. The first-order valence-corrected chi connectivity index (χ1v) is 16.5. The molecule has 0 bridgehead atoms. The molecule has 8 nitrogen and oxygen atoms in total. The first kappa shape index (κ1) is 30.8. The van der Waals surface area contributed by atoms with Crippen molar-refractivity contribution in [3.63, 3.8) is 0 Å². The summed E-state index contributed by atoms with van der Waals surface area (Å²) in [6, 6.07) is 0. The second-order valence-corrected chi connectivity index (χ2v) is 16.4. The van der Waals surface area contributed by atoms with E-state index >= 15 is 0 Å². The highest BCUT2D eigenvalue weighted by Gasteiger charge is 2.83. The van der Waals surface area contributed by atoms with Crippen molar-refractivity contribution in [3.05, 3.63) is 0 Å². The molecule has 0 amide bonds. The van der Waals surface area contributed by atoms with Crippen molar-refractivity contribution in [1.82, 2.24) is 0 Å². The van der Waals surface area contributed by atoms with E-state index in [1.165, 1.54) is 13.8 Å². The van der Waals surface area contributed by atoms with Crippen LogP contribution in [0, 0.1) is 63.6 Å². The molecule has 0 radical (unpaired) electrons. The lowest BCUT2D eigenvalue weighted by Crippen LogP contribution is -2.72. The quantitative estimate of drug-likeness (QED) is 0.312. The van der Waals surface area contributed by atoms with Gasteiger partial charge in [0.15, 0.2) is 0 Å². The van der Waals surface area contributed by atoms with E-state index in [-0.39, 0.29) is 29.1 Å². The van der Waals surface area contributed by atoms with Crippen LogP contribution < -0.4 is 0 Å². The van der Waals surface area contributed by atoms with E-state index in [0.717, 1.165) is 6.42 Å². The van der Waals surface area contributed by atoms with E-state index in [2.05, 4.69) is 48.5 Å². The van der Waals surface area contributed by atoms with Crippen molar-refractivity contribution in [2.75, 3.05) is 0 Å². The Labute approximate surface area is 251 Å². The number of carbonyl (C=O) groups excluding carboxylic acids is 2. The number of esters is 2. The Hall–Kier alpha value is -1.22. The van der Waals surface area contributed by atoms with Crippen molar-refractivity contribution < 1.29 is 39.1 Å². The minimum Gasteiger partial charge on any atom is -0.462 e. The Bertz CT molecular complexity index is 1120. The second kappa shape index (κ2) is 9.64. The molecule has 3 N–H and O–H groups in total. The zero-order valence-electron chi connectivity index (χ0n) is 27.0. The lowest BCUT2D eigenvalue weighted by molar-refractivity contribution is -0.258. The SMILES string of the molecule is CC(=O)O[C@H]1C[C@H]([C@H](C)[C@H]2C[C@]2(C)[C@H](C)C(C)C)[C@]2(C)[C@@H]1[C@@H]1[C@H](O)[C@H]3O[C@]34C[C@@H](O)CC[C@]4(C)[C@H]1[C@H](O)[C@H]2OC(C)=O. The molecule has 0 aromatic rings. The Morgan fingerprint density at radius 3 is 2.12 bits per heavy atom. The average Bonchev–Trinajstić information content (AvgIpc) is 3.77. The normalized spacial score (nSPS) is 55.4. The molecule has 6 fully saturated rings. The van der Waals surface area contributed by atoms with Gasteiger partial charge in [-0.3, -0.25) is 9.59 Å². The van der Waals surface area contributed by atoms with Crippen molar-refractivity contribution >= 4 is 11.9 Å². The maximum atomic E-state index is 12.7. The van der Waals surface area contributed by atoms with Gasteiger partial charge < -0.3 is 29.5 Å². The highest BCUT2D eigenvalue weighted by molar-refractivity contribution is 5.67. The number of epoxide rings is 1. The fourth-order valence-electron chi connectivity index (χ4n) is 12.0. The molecule has 238 valence electrons. The molecular weight excluding hydrogens is 536 g/mol. The number of hydrogen-bond donors (Lipinski definition) is 3. The Morgan fingerprint density at radius 1 is 0.881 bits per heavy atom. The molecule has 0 aromatic heterocycles. The van der Waals surface area contributed by atoms with Gasteiger partial charge in [-0.05, 0) is 60.7 Å². The van der Waals surface area contributed by atoms with Crippen LogP contribution in [0.1, 0.15) is 94.4 Å². The van der Waals surface area contributed by atoms with Crippen LogP contribution in [-0.2, 0) is 23.8 Å². The monoisotopic (exact) mass is 590 g/mol. The Kier molecular flexibility index (Phi) is 7.07. The van der Waals surface area contributed by atoms with Gasteiger partial charge in [0.25, 0.3) is 0 Å². The van der Waals surface area contributed by atoms with Crippen LogP contribution in [0.15, 0.2) is 0 Å². The van der Waals surface area contributed by atoms with Gasteiger partial charge in [-0.15, -0.1) is 0 Å². The maximum Gasteiger partial charge on any atom is 0.303 e. The molecule has 1 saturated heterocycles. The lowest BCUT2D eigenvalue weighted by atomic mass is 9.42. The molecule has 6 rings (SSSR count). The van der Waals surface area contributed by atoms with Gasteiger partial charge in [-0.2, -0.15) is 0 Å². The Morgan fingerprint density at radius 2 is 1.52 bits per heavy atom. The molecule has 8 heteroatoms. The Balaban J connectivity index is 1.46. The average molecular weight is 591 g/mol. The van der Waals surface area contributed by atoms with Crippen LogP contribution in [0.2, 0.25) is 0 Å². The number of aliphatic hydroxyl groups excluding tert-OH is 3. The third-order valence-corrected chi connectivity index (χ3v) is 14.5. The fourth-order valence-corrected chi connectivity index (χ4v) is 12.0. The molecular formula is C34H54O8. The topological polar surface area (TPSA) is 126 Å². The summed E-state index contributed by atoms with van der Waals surface area (Å²) in [6.07, 6.45) is -0.777. The third-order valence-electron chi connectivity index (χ3n) is 14.5. The molecule has 6 aliphatic rings. The standard InChI is InChI=1S/C34H54O8/c1-15(2)17(4)31(7)14-22(31)16(3)21-12-23(40-18(5)35)25-24-26(28(39)29(33(21,25)9)41-19(6)36)32(8)11-10-20(37)13-34(32)30(42-34)27(24)38/h15-17,20-30,37-39H,10-14H2,1-9H3/t16-,17+,20-,21+,22+,23-,24-,25-,26+,27-,28-,29+,30+,31+,32+,33+,34+/m0/s1. The predicted molar refractivity (Wildman–Crippen MR) is 155 cm³/mol. The summed E-state index contributed by atoms with van der Waals surface area (Å²) in [5, 5.41) is 35.1. The van der Waals surface area contributed by atoms with Gasteiger partial charge in [-0.1, -0.05) is 48.5 Å². The molecule has 5 saturated carbocycles. The van der Waals surface area contributed by atoms with Gasteiger partial charge in [0, 0.05) is 48.9 Å². The third kappa shape index (κ3) is 3.92. The van der Waals surface area contributed by atoms with Gasteiger partial charge in [0.05, 0.1) is 18.3 Å². The van der Waals surface area contributed by atoms with E-state index in [0.29, 0.717) is 43.4 Å². The molecule has 0 aromatic carbocycles. The van der Waals surface area contributed by atoms with E-state index in [1.807, 2.05) is 0 Å². The number of rotatable bonds is 6. The summed E-state index contributed by atoms with van der Waals surface area (Å²) >= 11 is 0. The highest BCUT2D eigenvalue weighted by atomic mass is 16.6. The van der Waals surface area contributed by atoms with Gasteiger partial charge >= 0.3 is 11.9 Å². The van der Waals surface area contributed by atoms with Crippen LogP contribution in [0.4, 0.5) is 0 Å². The molecule has 1 spiro atoms. The number of fused-ring (bicyclic) bond motifs is 4. The summed E-state index contributed by atoms with van der Waals surface area (Å²) in [5.41, 5.74) is -1.78. The second-order valence-electron chi connectivity index (χ2n) is 16.4. The minimum absolute atomic E-state index is 0.0120. The van der Waals surface area contributed by atoms with Crippen molar-refractivity contribution in [3.8, 4) is 0 Å². The van der Waals surface area contributed by atoms with Crippen molar-refractivity contribution in [2.24, 2.45) is 63.6 Å². The summed E-state index contributed by atoms with van der Waals surface area (Å²) in [5.74, 6) is -0.144. The largest absolute Gasteiger partial charge is 0.462 e. The van der Waals surface area contributed by atoms with Crippen LogP contribution in [0.3, 0.4) is 0 Å². The lowest BCUT2D eigenvalue weighted by Gasteiger charge is -2.64. The summed E-state index contributed by atoms with van der Waals surface area (Å²) < 4.78 is 18.7. The van der Waals surface area contributed by atoms with Gasteiger partial charge in [-0.25, -0.2) is 0 Å². The molecule has 17 atom stereocenters. The zero-order chi connectivity index (χ0) is 30.9. The first-order valence-electron chi connectivity index (χ1n) is 16.5. The fraction of sp³-hybridized carbons (Fsp3) is 0.941. The molecule has 1 aliphatic heterocycles. The van der Waals surface area contributed by atoms with E-state index in [4.69, 9.17) is 14.2 Å². The molecule has 1 heterocycles. The number of hydrogen-bond acceptors (Lipinski definition) is 8. The van der Waals surface area contributed by atoms with E-state index in [1.54, 1.807) is 0 Å².